The lowest BCUT2D eigenvalue weighted by Gasteiger charge is -2.40. The smallest absolute Gasteiger partial charge is 0.408 e. The maximum atomic E-state index is 13.2. The lowest BCUT2D eigenvalue weighted by molar-refractivity contribution is 0.0503. The molecule has 3 heterocycles. The van der Waals surface area contributed by atoms with Gasteiger partial charge in [0.05, 0.1) is 17.6 Å². The van der Waals surface area contributed by atoms with Crippen molar-refractivity contribution in [3.05, 3.63) is 28.1 Å². The number of rotatable bonds is 2. The Kier molecular flexibility index (Phi) is 4.41. The third kappa shape index (κ3) is 2.87. The molecule has 2 fully saturated rings. The summed E-state index contributed by atoms with van der Waals surface area (Å²) in [5, 5.41) is 14.2. The Bertz CT molecular complexity index is 966. The summed E-state index contributed by atoms with van der Waals surface area (Å²) < 4.78 is 2.31. The molecule has 0 spiro atoms. The van der Waals surface area contributed by atoms with E-state index in [0.29, 0.717) is 22.4 Å². The average molecular weight is 450 g/mol. The number of aryl methyl sites for hydroxylation is 1. The highest BCUT2D eigenvalue weighted by Gasteiger charge is 2.54. The largest absolute Gasteiger partial charge is 0.465 e. The predicted molar refractivity (Wildman–Crippen MR) is 106 cm³/mol. The van der Waals surface area contributed by atoms with Crippen molar-refractivity contribution in [1.29, 1.82) is 0 Å². The van der Waals surface area contributed by atoms with Gasteiger partial charge in [0, 0.05) is 30.0 Å². The Morgan fingerprint density at radius 2 is 2.04 bits per heavy atom. The molecule has 8 nitrogen and oxygen atoms in total. The van der Waals surface area contributed by atoms with Crippen LogP contribution >= 0.6 is 15.9 Å². The molecule has 2 aromatic rings. The molecule has 0 radical (unpaired) electrons. The summed E-state index contributed by atoms with van der Waals surface area (Å²) in [6, 6.07) is -0.270. The Labute approximate surface area is 171 Å². The van der Waals surface area contributed by atoms with Gasteiger partial charge in [0.25, 0.3) is 5.91 Å². The standard InChI is InChI=1S/C19H24BrN5O3/c1-10-15(20)22-24-9-12(7-21-16(10)24)17(26)23-8-11-5-6-13(23)14(11)25(18(27)28)19(2,3)4/h7,9,11,13-14H,5-6,8H2,1-4H3,(H,27,28)/t11?,13?,14-/m1/s1. The first-order chi connectivity index (χ1) is 13.1. The van der Waals surface area contributed by atoms with Crippen LogP contribution in [0.25, 0.3) is 5.65 Å². The molecule has 1 aliphatic carbocycles. The molecule has 9 heteroatoms. The van der Waals surface area contributed by atoms with Crippen molar-refractivity contribution in [3.63, 3.8) is 0 Å². The predicted octanol–water partition coefficient (Wildman–Crippen LogP) is 3.18. The van der Waals surface area contributed by atoms with Gasteiger partial charge in [-0.2, -0.15) is 5.10 Å². The fourth-order valence-electron chi connectivity index (χ4n) is 4.75. The number of fused-ring (bicyclic) bond motifs is 3. The monoisotopic (exact) mass is 449 g/mol. The number of piperidine rings is 1. The number of likely N-dealkylation sites (tertiary alicyclic amines) is 1. The first-order valence-corrected chi connectivity index (χ1v) is 10.2. The number of halogens is 1. The summed E-state index contributed by atoms with van der Waals surface area (Å²) in [6.07, 6.45) is 4.12. The minimum atomic E-state index is -0.927. The van der Waals surface area contributed by atoms with Crippen LogP contribution in [-0.4, -0.2) is 65.7 Å². The number of hydrogen-bond donors (Lipinski definition) is 1. The normalized spacial score (nSPS) is 24.2. The molecule has 2 aliphatic rings. The molecule has 1 N–H and O–H groups in total. The Morgan fingerprint density at radius 3 is 2.68 bits per heavy atom. The molecule has 0 aromatic carbocycles. The van der Waals surface area contributed by atoms with Gasteiger partial charge in [-0.3, -0.25) is 9.69 Å². The SMILES string of the molecule is Cc1c(Br)nn2cc(C(=O)N3CC4CCC3[C@@H]4N(C(=O)O)C(C)(C)C)cnc12. The van der Waals surface area contributed by atoms with E-state index in [-0.39, 0.29) is 23.9 Å². The zero-order valence-corrected chi connectivity index (χ0v) is 18.0. The van der Waals surface area contributed by atoms with E-state index in [2.05, 4.69) is 26.0 Å². The van der Waals surface area contributed by atoms with Crippen LogP contribution in [-0.2, 0) is 0 Å². The van der Waals surface area contributed by atoms with E-state index in [1.807, 2.05) is 32.6 Å². The van der Waals surface area contributed by atoms with Crippen LogP contribution in [0.3, 0.4) is 0 Å². The minimum absolute atomic E-state index is 0.102. The van der Waals surface area contributed by atoms with E-state index in [0.717, 1.165) is 18.4 Å². The highest BCUT2D eigenvalue weighted by atomic mass is 79.9. The van der Waals surface area contributed by atoms with Crippen LogP contribution in [0.1, 0.15) is 49.5 Å². The quantitative estimate of drug-likeness (QED) is 0.759. The number of hydrogen-bond acceptors (Lipinski definition) is 4. The maximum absolute atomic E-state index is 13.2. The van der Waals surface area contributed by atoms with Crippen molar-refractivity contribution in [2.45, 2.75) is 58.2 Å². The molecule has 1 saturated carbocycles. The van der Waals surface area contributed by atoms with Gasteiger partial charge in [-0.05, 0) is 62.4 Å². The molecule has 28 heavy (non-hydrogen) atoms. The van der Waals surface area contributed by atoms with E-state index >= 15 is 0 Å². The van der Waals surface area contributed by atoms with E-state index in [1.165, 1.54) is 4.90 Å². The van der Waals surface area contributed by atoms with Crippen molar-refractivity contribution < 1.29 is 14.7 Å². The summed E-state index contributed by atoms with van der Waals surface area (Å²) >= 11 is 3.39. The number of aromatic nitrogens is 3. The third-order valence-electron chi connectivity index (χ3n) is 5.92. The van der Waals surface area contributed by atoms with Crippen molar-refractivity contribution in [2.75, 3.05) is 6.54 Å². The minimum Gasteiger partial charge on any atom is -0.465 e. The lowest BCUT2D eigenvalue weighted by atomic mass is 9.98. The first-order valence-electron chi connectivity index (χ1n) is 9.43. The van der Waals surface area contributed by atoms with Crippen LogP contribution < -0.4 is 0 Å². The molecule has 2 amide bonds. The summed E-state index contributed by atoms with van der Waals surface area (Å²) in [7, 11) is 0. The number of carbonyl (C=O) groups excluding carboxylic acids is 1. The average Bonchev–Trinajstić information content (AvgIpc) is 3.24. The molecule has 2 bridgehead atoms. The first kappa shape index (κ1) is 19.2. The van der Waals surface area contributed by atoms with Crippen LogP contribution in [0.2, 0.25) is 0 Å². The van der Waals surface area contributed by atoms with Crippen molar-refractivity contribution in [1.82, 2.24) is 24.4 Å². The lowest BCUT2D eigenvalue weighted by Crippen LogP contribution is -2.55. The number of nitrogens with zero attached hydrogens (tertiary/aromatic N) is 5. The zero-order valence-electron chi connectivity index (χ0n) is 16.4. The summed E-state index contributed by atoms with van der Waals surface area (Å²) in [5.41, 5.74) is 1.57. The number of carboxylic acid groups (broad SMARTS) is 1. The van der Waals surface area contributed by atoms with E-state index in [4.69, 9.17) is 0 Å². The second-order valence-electron chi connectivity index (χ2n) is 8.70. The number of carbonyl (C=O) groups is 2. The highest BCUT2D eigenvalue weighted by Crippen LogP contribution is 2.43. The van der Waals surface area contributed by atoms with Crippen LogP contribution in [0.15, 0.2) is 17.0 Å². The van der Waals surface area contributed by atoms with Gasteiger partial charge in [-0.15, -0.1) is 0 Å². The van der Waals surface area contributed by atoms with E-state index in [1.54, 1.807) is 16.9 Å². The zero-order chi connectivity index (χ0) is 20.4. The molecule has 1 saturated heterocycles. The van der Waals surface area contributed by atoms with Crippen LogP contribution in [0, 0.1) is 12.8 Å². The van der Waals surface area contributed by atoms with Gasteiger partial charge in [0.2, 0.25) is 0 Å². The molecule has 1 aliphatic heterocycles. The second-order valence-corrected chi connectivity index (χ2v) is 9.45. The fraction of sp³-hybridized carbons (Fsp3) is 0.579. The van der Waals surface area contributed by atoms with Crippen molar-refractivity contribution >= 4 is 33.6 Å². The molecular weight excluding hydrogens is 426 g/mol. The molecule has 3 atom stereocenters. The van der Waals surface area contributed by atoms with Crippen molar-refractivity contribution in [2.24, 2.45) is 5.92 Å². The Morgan fingerprint density at radius 1 is 1.32 bits per heavy atom. The second kappa shape index (κ2) is 6.43. The van der Waals surface area contributed by atoms with Crippen LogP contribution in [0.4, 0.5) is 4.79 Å². The number of amides is 2. The van der Waals surface area contributed by atoms with Crippen molar-refractivity contribution in [3.8, 4) is 0 Å². The summed E-state index contributed by atoms with van der Waals surface area (Å²) in [4.78, 5) is 33.0. The van der Waals surface area contributed by atoms with Gasteiger partial charge in [0.1, 0.15) is 4.60 Å². The van der Waals surface area contributed by atoms with Crippen LogP contribution in [0.5, 0.6) is 0 Å². The van der Waals surface area contributed by atoms with Gasteiger partial charge in [-0.1, -0.05) is 0 Å². The van der Waals surface area contributed by atoms with Gasteiger partial charge < -0.3 is 10.0 Å². The van der Waals surface area contributed by atoms with Gasteiger partial charge in [0.15, 0.2) is 5.65 Å². The summed E-state index contributed by atoms with van der Waals surface area (Å²) in [5.74, 6) is 0.0529. The highest BCUT2D eigenvalue weighted by molar-refractivity contribution is 9.10. The molecule has 2 unspecified atom stereocenters. The molecule has 150 valence electrons. The molecular formula is C19H24BrN5O3. The third-order valence-corrected chi connectivity index (χ3v) is 6.67. The Balaban J connectivity index is 1.64. The van der Waals surface area contributed by atoms with Gasteiger partial charge in [-0.25, -0.2) is 14.3 Å². The van der Waals surface area contributed by atoms with E-state index in [9.17, 15) is 14.7 Å². The van der Waals surface area contributed by atoms with E-state index < -0.39 is 11.6 Å². The molecule has 2 aromatic heterocycles. The fourth-order valence-corrected chi connectivity index (χ4v) is 5.09. The summed E-state index contributed by atoms with van der Waals surface area (Å²) in [6.45, 7) is 8.20. The topological polar surface area (TPSA) is 91.0 Å². The Hall–Kier alpha value is -2.16. The maximum Gasteiger partial charge on any atom is 0.408 e. The molecule has 4 rings (SSSR count). The van der Waals surface area contributed by atoms with Gasteiger partial charge >= 0.3 is 6.09 Å².